The van der Waals surface area contributed by atoms with Crippen molar-refractivity contribution in [1.82, 2.24) is 0 Å². The normalized spacial score (nSPS) is 10.0. The lowest BCUT2D eigenvalue weighted by Gasteiger charge is -1.91. The topological polar surface area (TPSA) is 38.7 Å². The molecule has 3 nitrogen and oxygen atoms in total. The molecule has 0 aliphatic carbocycles. The predicted molar refractivity (Wildman–Crippen MR) is 38.7 cm³/mol. The molecule has 0 bridgehead atoms. The zero-order valence-electron chi connectivity index (χ0n) is 5.20. The summed E-state index contributed by atoms with van der Waals surface area (Å²) in [7, 11) is 1.36. The third kappa shape index (κ3) is 5.36. The number of hydrogen-bond acceptors (Lipinski definition) is 4. The maximum absolute atomic E-state index is 10.4. The smallest absolute Gasteiger partial charge is 0.305 e. The fourth-order valence-electron chi connectivity index (χ4n) is 0.342. The molecule has 0 spiro atoms. The van der Waals surface area contributed by atoms with Gasteiger partial charge in [0.15, 0.2) is 0 Å². The van der Waals surface area contributed by atoms with Crippen molar-refractivity contribution in [2.75, 3.05) is 7.11 Å². The maximum Gasteiger partial charge on any atom is 0.305 e. The molecule has 0 atom stereocenters. The first-order valence-electron chi connectivity index (χ1n) is 2.54. The molecule has 0 aromatic carbocycles. The van der Waals surface area contributed by atoms with E-state index in [0.717, 1.165) is 0 Å². The van der Waals surface area contributed by atoms with Gasteiger partial charge in [0.2, 0.25) is 0 Å². The lowest BCUT2D eigenvalue weighted by Crippen LogP contribution is -1.99. The van der Waals surface area contributed by atoms with Crippen LogP contribution in [0.25, 0.3) is 0 Å². The molecule has 0 N–H and O–H groups in total. The van der Waals surface area contributed by atoms with Gasteiger partial charge in [0.05, 0.1) is 13.5 Å². The van der Waals surface area contributed by atoms with E-state index in [1.54, 1.807) is 6.21 Å². The number of hydrogen-bond donors (Lipinski definition) is 1. The molecule has 0 aliphatic heterocycles. The minimum absolute atomic E-state index is 0.219. The van der Waals surface area contributed by atoms with Crippen LogP contribution >= 0.6 is 12.8 Å². The summed E-state index contributed by atoms with van der Waals surface area (Å²) >= 11 is 3.57. The standard InChI is InChI=1S/C5H9NO2S/c1-8-5(7)3-2-4-6-9/h4,9H,2-3H2,1H3. The fraction of sp³-hybridized carbons (Fsp3) is 0.600. The molecule has 0 rings (SSSR count). The van der Waals surface area contributed by atoms with Gasteiger partial charge in [-0.05, 0) is 19.2 Å². The van der Waals surface area contributed by atoms with Crippen LogP contribution in [0.2, 0.25) is 0 Å². The Hall–Kier alpha value is -0.510. The molecule has 0 unspecified atom stereocenters. The average molecular weight is 147 g/mol. The number of carbonyl (C=O) groups is 1. The molecule has 0 aromatic rings. The van der Waals surface area contributed by atoms with E-state index >= 15 is 0 Å². The molecule has 0 saturated heterocycles. The Morgan fingerprint density at radius 3 is 3.00 bits per heavy atom. The number of rotatable bonds is 3. The van der Waals surface area contributed by atoms with Crippen LogP contribution < -0.4 is 0 Å². The number of ether oxygens (including phenoxy) is 1. The highest BCUT2D eigenvalue weighted by molar-refractivity contribution is 7.78. The van der Waals surface area contributed by atoms with E-state index in [4.69, 9.17) is 0 Å². The zero-order valence-corrected chi connectivity index (χ0v) is 6.10. The first-order valence-corrected chi connectivity index (χ1v) is 2.94. The highest BCUT2D eigenvalue weighted by Crippen LogP contribution is 1.88. The van der Waals surface area contributed by atoms with Crippen LogP contribution in [0.3, 0.4) is 0 Å². The lowest BCUT2D eigenvalue weighted by atomic mass is 10.3. The van der Waals surface area contributed by atoms with Crippen LogP contribution in [0.4, 0.5) is 0 Å². The van der Waals surface area contributed by atoms with E-state index < -0.39 is 0 Å². The van der Waals surface area contributed by atoms with E-state index in [2.05, 4.69) is 21.9 Å². The molecule has 0 aromatic heterocycles. The van der Waals surface area contributed by atoms with Crippen molar-refractivity contribution in [2.24, 2.45) is 4.40 Å². The summed E-state index contributed by atoms with van der Waals surface area (Å²) < 4.78 is 7.77. The van der Waals surface area contributed by atoms with E-state index in [1.165, 1.54) is 7.11 Å². The van der Waals surface area contributed by atoms with Gasteiger partial charge in [0.1, 0.15) is 0 Å². The molecule has 0 radical (unpaired) electrons. The van der Waals surface area contributed by atoms with Crippen LogP contribution in [0, 0.1) is 0 Å². The summed E-state index contributed by atoms with van der Waals surface area (Å²) in [5, 5.41) is 0. The Bertz CT molecular complexity index is 114. The van der Waals surface area contributed by atoms with Gasteiger partial charge in [-0.15, -0.1) is 0 Å². The van der Waals surface area contributed by atoms with Gasteiger partial charge in [0.25, 0.3) is 0 Å². The Morgan fingerprint density at radius 1 is 1.89 bits per heavy atom. The van der Waals surface area contributed by atoms with Crippen molar-refractivity contribution in [3.05, 3.63) is 0 Å². The molecule has 0 aliphatic rings. The summed E-state index contributed by atoms with van der Waals surface area (Å²) in [6, 6.07) is 0. The summed E-state index contributed by atoms with van der Waals surface area (Å²) in [6.45, 7) is 0. The monoisotopic (exact) mass is 147 g/mol. The molecule has 9 heavy (non-hydrogen) atoms. The van der Waals surface area contributed by atoms with E-state index in [-0.39, 0.29) is 5.97 Å². The minimum atomic E-state index is -0.219. The Kier molecular flexibility index (Phi) is 5.30. The Morgan fingerprint density at radius 2 is 2.56 bits per heavy atom. The number of nitrogens with zero attached hydrogens (tertiary/aromatic N) is 1. The van der Waals surface area contributed by atoms with Crippen LogP contribution in [-0.4, -0.2) is 19.3 Å². The molecule has 0 fully saturated rings. The van der Waals surface area contributed by atoms with Crippen LogP contribution in [0.5, 0.6) is 0 Å². The van der Waals surface area contributed by atoms with Crippen molar-refractivity contribution in [3.8, 4) is 0 Å². The molecular formula is C5H9NO2S. The largest absolute Gasteiger partial charge is 0.469 e. The number of methoxy groups -OCH3 is 1. The second-order valence-electron chi connectivity index (χ2n) is 1.41. The first-order chi connectivity index (χ1) is 4.31. The Balaban J connectivity index is 3.17. The lowest BCUT2D eigenvalue weighted by molar-refractivity contribution is -0.140. The van der Waals surface area contributed by atoms with Crippen molar-refractivity contribution >= 4 is 25.0 Å². The van der Waals surface area contributed by atoms with Crippen molar-refractivity contribution in [2.45, 2.75) is 12.8 Å². The summed E-state index contributed by atoms with van der Waals surface area (Å²) in [4.78, 5) is 10.4. The highest BCUT2D eigenvalue weighted by Gasteiger charge is 1.95. The van der Waals surface area contributed by atoms with E-state index in [0.29, 0.717) is 12.8 Å². The summed E-state index contributed by atoms with van der Waals surface area (Å²) in [5.41, 5.74) is 0. The predicted octanol–water partition coefficient (Wildman–Crippen LogP) is 0.855. The van der Waals surface area contributed by atoms with Crippen molar-refractivity contribution in [3.63, 3.8) is 0 Å². The maximum atomic E-state index is 10.4. The molecule has 52 valence electrons. The Labute approximate surface area is 59.7 Å². The van der Waals surface area contributed by atoms with E-state index in [9.17, 15) is 4.79 Å². The van der Waals surface area contributed by atoms with Gasteiger partial charge in [-0.1, -0.05) is 0 Å². The van der Waals surface area contributed by atoms with Crippen LogP contribution in [0.1, 0.15) is 12.8 Å². The molecule has 0 saturated carbocycles. The third-order valence-electron chi connectivity index (χ3n) is 0.787. The van der Waals surface area contributed by atoms with Gasteiger partial charge < -0.3 is 4.74 Å². The second kappa shape index (κ2) is 5.62. The van der Waals surface area contributed by atoms with Crippen molar-refractivity contribution in [1.29, 1.82) is 0 Å². The number of carbonyl (C=O) groups excluding carboxylic acids is 1. The minimum Gasteiger partial charge on any atom is -0.469 e. The zero-order chi connectivity index (χ0) is 7.11. The quantitative estimate of drug-likeness (QED) is 0.365. The average Bonchev–Trinajstić information content (AvgIpc) is 1.89. The van der Waals surface area contributed by atoms with Crippen molar-refractivity contribution < 1.29 is 9.53 Å². The third-order valence-corrected chi connectivity index (χ3v) is 0.950. The SMILES string of the molecule is COC(=O)CCC=NS. The van der Waals surface area contributed by atoms with Gasteiger partial charge in [-0.3, -0.25) is 4.79 Å². The van der Waals surface area contributed by atoms with E-state index in [1.807, 2.05) is 0 Å². The number of esters is 1. The van der Waals surface area contributed by atoms with Gasteiger partial charge in [-0.25, -0.2) is 4.40 Å². The number of thiol groups is 1. The van der Waals surface area contributed by atoms with Gasteiger partial charge >= 0.3 is 5.97 Å². The molecule has 0 heterocycles. The molecule has 4 heteroatoms. The van der Waals surface area contributed by atoms with Crippen LogP contribution in [0.15, 0.2) is 4.40 Å². The van der Waals surface area contributed by atoms with Gasteiger partial charge in [0, 0.05) is 6.21 Å². The van der Waals surface area contributed by atoms with Crippen LogP contribution in [-0.2, 0) is 9.53 Å². The second-order valence-corrected chi connectivity index (χ2v) is 1.64. The summed E-state index contributed by atoms with van der Waals surface area (Å²) in [6.07, 6.45) is 2.52. The summed E-state index contributed by atoms with van der Waals surface area (Å²) in [5.74, 6) is -0.219. The molecule has 0 amide bonds. The fourth-order valence-corrected chi connectivity index (χ4v) is 0.458. The highest BCUT2D eigenvalue weighted by atomic mass is 32.1. The molecular weight excluding hydrogens is 138 g/mol. The first kappa shape index (κ1) is 8.49. The van der Waals surface area contributed by atoms with Gasteiger partial charge in [-0.2, -0.15) is 0 Å².